The first kappa shape index (κ1) is 15.9. The first-order valence-corrected chi connectivity index (χ1v) is 8.65. The minimum absolute atomic E-state index is 0.518. The standard InChI is InChI=1S/C20H26N2O/c1-15(2)16-8-11-19(12-9-16)23-14-4-6-18-10-7-17-5-3-13-21-20(17)22-18/h3,5,8-9,11-13,15,18H,4,6-7,10,14H2,1-2H3,(H,21,22). The average Bonchev–Trinajstić information content (AvgIpc) is 2.59. The molecule has 0 spiro atoms. The molecule has 0 fully saturated rings. The van der Waals surface area contributed by atoms with Gasteiger partial charge in [0.2, 0.25) is 0 Å². The Kier molecular flexibility index (Phi) is 5.16. The van der Waals surface area contributed by atoms with Gasteiger partial charge in [-0.3, -0.25) is 0 Å². The van der Waals surface area contributed by atoms with Gasteiger partial charge in [-0.15, -0.1) is 0 Å². The second kappa shape index (κ2) is 7.49. The number of aromatic nitrogens is 1. The maximum Gasteiger partial charge on any atom is 0.129 e. The molecule has 1 N–H and O–H groups in total. The van der Waals surface area contributed by atoms with E-state index in [2.05, 4.69) is 54.5 Å². The van der Waals surface area contributed by atoms with Crippen LogP contribution in [0.3, 0.4) is 0 Å². The van der Waals surface area contributed by atoms with Crippen molar-refractivity contribution in [3.63, 3.8) is 0 Å². The predicted octanol–water partition coefficient (Wildman–Crippen LogP) is 4.79. The van der Waals surface area contributed by atoms with Gasteiger partial charge in [-0.2, -0.15) is 0 Å². The van der Waals surface area contributed by atoms with Crippen molar-refractivity contribution in [2.75, 3.05) is 11.9 Å². The number of hydrogen-bond acceptors (Lipinski definition) is 3. The Morgan fingerprint density at radius 2 is 2.04 bits per heavy atom. The van der Waals surface area contributed by atoms with Gasteiger partial charge in [0, 0.05) is 12.2 Å². The van der Waals surface area contributed by atoms with Gasteiger partial charge in [0.05, 0.1) is 6.61 Å². The Bertz CT molecular complexity index is 622. The molecule has 0 amide bonds. The van der Waals surface area contributed by atoms with E-state index in [0.29, 0.717) is 12.0 Å². The van der Waals surface area contributed by atoms with Crippen LogP contribution in [0.25, 0.3) is 0 Å². The first-order chi connectivity index (χ1) is 11.2. The van der Waals surface area contributed by atoms with E-state index in [1.54, 1.807) is 0 Å². The first-order valence-electron chi connectivity index (χ1n) is 8.65. The van der Waals surface area contributed by atoms with Gasteiger partial charge in [0.15, 0.2) is 0 Å². The highest BCUT2D eigenvalue weighted by Crippen LogP contribution is 2.24. The number of benzene rings is 1. The lowest BCUT2D eigenvalue weighted by Crippen LogP contribution is -2.26. The van der Waals surface area contributed by atoms with Gasteiger partial charge >= 0.3 is 0 Å². The monoisotopic (exact) mass is 310 g/mol. The summed E-state index contributed by atoms with van der Waals surface area (Å²) in [6, 6.07) is 13.2. The second-order valence-corrected chi connectivity index (χ2v) is 6.61. The van der Waals surface area contributed by atoms with Crippen LogP contribution in [0.1, 0.15) is 50.2 Å². The summed E-state index contributed by atoms with van der Waals surface area (Å²) in [6.07, 6.45) is 6.35. The molecule has 1 aromatic heterocycles. The highest BCUT2D eigenvalue weighted by Gasteiger charge is 2.17. The van der Waals surface area contributed by atoms with Gasteiger partial charge in [-0.05, 0) is 60.9 Å². The molecule has 3 heteroatoms. The Hall–Kier alpha value is -2.03. The average molecular weight is 310 g/mol. The van der Waals surface area contributed by atoms with Crippen molar-refractivity contribution in [2.45, 2.75) is 51.5 Å². The van der Waals surface area contributed by atoms with Gasteiger partial charge in [-0.1, -0.05) is 32.0 Å². The zero-order valence-electron chi connectivity index (χ0n) is 14.1. The van der Waals surface area contributed by atoms with E-state index in [1.807, 2.05) is 12.3 Å². The molecule has 0 aliphatic carbocycles. The van der Waals surface area contributed by atoms with Crippen molar-refractivity contribution in [3.05, 3.63) is 53.7 Å². The molecule has 0 radical (unpaired) electrons. The molecule has 0 saturated heterocycles. The third kappa shape index (κ3) is 4.25. The molecule has 23 heavy (non-hydrogen) atoms. The summed E-state index contributed by atoms with van der Waals surface area (Å²) in [5.41, 5.74) is 2.69. The van der Waals surface area contributed by atoms with Crippen molar-refractivity contribution in [1.29, 1.82) is 0 Å². The molecule has 1 aliphatic rings. The molecular formula is C20H26N2O. The number of pyridine rings is 1. The summed E-state index contributed by atoms with van der Waals surface area (Å²) < 4.78 is 5.86. The fourth-order valence-corrected chi connectivity index (χ4v) is 3.05. The summed E-state index contributed by atoms with van der Waals surface area (Å²) in [7, 11) is 0. The number of rotatable bonds is 6. The third-order valence-electron chi connectivity index (χ3n) is 4.51. The highest BCUT2D eigenvalue weighted by atomic mass is 16.5. The molecule has 3 rings (SSSR count). The number of anilines is 1. The Morgan fingerprint density at radius 1 is 1.22 bits per heavy atom. The predicted molar refractivity (Wildman–Crippen MR) is 95.2 cm³/mol. The van der Waals surface area contributed by atoms with Crippen molar-refractivity contribution >= 4 is 5.82 Å². The summed E-state index contributed by atoms with van der Waals surface area (Å²) in [5.74, 6) is 2.60. The van der Waals surface area contributed by atoms with E-state index in [4.69, 9.17) is 4.74 Å². The fraction of sp³-hybridized carbons (Fsp3) is 0.450. The van der Waals surface area contributed by atoms with Crippen molar-refractivity contribution < 1.29 is 4.74 Å². The van der Waals surface area contributed by atoms with E-state index in [1.165, 1.54) is 17.5 Å². The van der Waals surface area contributed by atoms with Gasteiger partial charge < -0.3 is 10.1 Å². The number of hydrogen-bond donors (Lipinski definition) is 1. The molecule has 122 valence electrons. The van der Waals surface area contributed by atoms with Crippen LogP contribution in [-0.2, 0) is 6.42 Å². The topological polar surface area (TPSA) is 34.1 Å². The lowest BCUT2D eigenvalue weighted by Gasteiger charge is -2.25. The zero-order valence-corrected chi connectivity index (χ0v) is 14.1. The Balaban J connectivity index is 1.40. The molecule has 1 aliphatic heterocycles. The van der Waals surface area contributed by atoms with Gasteiger partial charge in [-0.25, -0.2) is 4.98 Å². The Morgan fingerprint density at radius 3 is 2.83 bits per heavy atom. The maximum atomic E-state index is 5.86. The molecule has 1 aromatic carbocycles. The molecule has 0 saturated carbocycles. The largest absolute Gasteiger partial charge is 0.494 e. The van der Waals surface area contributed by atoms with Crippen molar-refractivity contribution in [1.82, 2.24) is 4.98 Å². The van der Waals surface area contributed by atoms with E-state index in [0.717, 1.165) is 37.4 Å². The van der Waals surface area contributed by atoms with Crippen LogP contribution < -0.4 is 10.1 Å². The number of ether oxygens (including phenoxy) is 1. The van der Waals surface area contributed by atoms with Gasteiger partial charge in [0.1, 0.15) is 11.6 Å². The number of aryl methyl sites for hydroxylation is 1. The summed E-state index contributed by atoms with van der Waals surface area (Å²) in [4.78, 5) is 4.43. The minimum Gasteiger partial charge on any atom is -0.494 e. The molecule has 1 unspecified atom stereocenters. The number of fused-ring (bicyclic) bond motifs is 1. The lowest BCUT2D eigenvalue weighted by molar-refractivity contribution is 0.301. The number of nitrogens with zero attached hydrogens (tertiary/aromatic N) is 1. The summed E-state index contributed by atoms with van der Waals surface area (Å²) >= 11 is 0. The SMILES string of the molecule is CC(C)c1ccc(OCCCC2CCc3cccnc3N2)cc1. The Labute approximate surface area is 139 Å². The normalized spacial score (nSPS) is 16.7. The van der Waals surface area contributed by atoms with E-state index < -0.39 is 0 Å². The van der Waals surface area contributed by atoms with E-state index in [9.17, 15) is 0 Å². The molecule has 1 atom stereocenters. The third-order valence-corrected chi connectivity index (χ3v) is 4.51. The van der Waals surface area contributed by atoms with Crippen molar-refractivity contribution in [3.8, 4) is 5.75 Å². The van der Waals surface area contributed by atoms with Crippen LogP contribution in [0.2, 0.25) is 0 Å². The molecule has 0 bridgehead atoms. The van der Waals surface area contributed by atoms with E-state index in [-0.39, 0.29) is 0 Å². The highest BCUT2D eigenvalue weighted by molar-refractivity contribution is 5.46. The quantitative estimate of drug-likeness (QED) is 0.779. The van der Waals surface area contributed by atoms with Crippen molar-refractivity contribution in [2.24, 2.45) is 0 Å². The summed E-state index contributed by atoms with van der Waals surface area (Å²) in [5, 5.41) is 3.55. The van der Waals surface area contributed by atoms with Gasteiger partial charge in [0.25, 0.3) is 0 Å². The fourth-order valence-electron chi connectivity index (χ4n) is 3.05. The smallest absolute Gasteiger partial charge is 0.129 e. The molecule has 2 heterocycles. The maximum absolute atomic E-state index is 5.86. The van der Waals surface area contributed by atoms with E-state index >= 15 is 0 Å². The molecule has 2 aromatic rings. The molecule has 3 nitrogen and oxygen atoms in total. The number of nitrogens with one attached hydrogen (secondary N) is 1. The summed E-state index contributed by atoms with van der Waals surface area (Å²) in [6.45, 7) is 5.19. The van der Waals surface area contributed by atoms with Crippen LogP contribution >= 0.6 is 0 Å². The minimum atomic E-state index is 0.518. The zero-order chi connectivity index (χ0) is 16.1. The van der Waals surface area contributed by atoms with Crippen LogP contribution in [-0.4, -0.2) is 17.6 Å². The lowest BCUT2D eigenvalue weighted by atomic mass is 9.98. The van der Waals surface area contributed by atoms with Crippen LogP contribution in [0, 0.1) is 0 Å². The van der Waals surface area contributed by atoms with Crippen LogP contribution in [0.4, 0.5) is 5.82 Å². The second-order valence-electron chi connectivity index (χ2n) is 6.61. The van der Waals surface area contributed by atoms with Crippen LogP contribution in [0.15, 0.2) is 42.6 Å². The molecular weight excluding hydrogens is 284 g/mol. The van der Waals surface area contributed by atoms with Crippen LogP contribution in [0.5, 0.6) is 5.75 Å².